The van der Waals surface area contributed by atoms with Crippen LogP contribution in [0.4, 0.5) is 0 Å². The van der Waals surface area contributed by atoms with Crippen molar-refractivity contribution in [2.75, 3.05) is 13.1 Å². The van der Waals surface area contributed by atoms with Crippen LogP contribution in [0.5, 0.6) is 0 Å². The molecule has 0 aliphatic carbocycles. The summed E-state index contributed by atoms with van der Waals surface area (Å²) < 4.78 is 33.6. The number of amides is 1. The number of aromatic nitrogens is 1. The van der Waals surface area contributed by atoms with Gasteiger partial charge in [-0.2, -0.15) is 4.31 Å². The van der Waals surface area contributed by atoms with Crippen molar-refractivity contribution in [3.8, 4) is 0 Å². The van der Waals surface area contributed by atoms with E-state index in [0.717, 1.165) is 12.8 Å². The molecular formula is C19H31N3O5S. The topological polar surface area (TPSA) is 88.9 Å². The highest BCUT2D eigenvalue weighted by Gasteiger charge is 2.32. The highest BCUT2D eigenvalue weighted by atomic mass is 32.2. The van der Waals surface area contributed by atoms with E-state index in [0.29, 0.717) is 13.1 Å². The Bertz CT molecular complexity index is 815. The lowest BCUT2D eigenvalue weighted by molar-refractivity contribution is -0.143. The summed E-state index contributed by atoms with van der Waals surface area (Å²) in [4.78, 5) is 27.0. The van der Waals surface area contributed by atoms with Gasteiger partial charge in [0, 0.05) is 38.4 Å². The van der Waals surface area contributed by atoms with Crippen molar-refractivity contribution in [3.05, 3.63) is 18.0 Å². The van der Waals surface area contributed by atoms with Gasteiger partial charge >= 0.3 is 5.97 Å². The number of rotatable bonds is 7. The standard InChI is InChI=1S/C19H31N3O5S/c1-13(2)22(14(3)4)18(23)15(5)27-19(24)17-11-16(12-20(17)6)28(25,26)21-9-7-8-10-21/h11-15H,7-10H2,1-6H3. The smallest absolute Gasteiger partial charge is 0.355 e. The van der Waals surface area contributed by atoms with Gasteiger partial charge in [-0.3, -0.25) is 4.79 Å². The van der Waals surface area contributed by atoms with Crippen molar-refractivity contribution in [3.63, 3.8) is 0 Å². The number of hydrogen-bond acceptors (Lipinski definition) is 5. The van der Waals surface area contributed by atoms with Gasteiger partial charge in [-0.15, -0.1) is 0 Å². The summed E-state index contributed by atoms with van der Waals surface area (Å²) in [6.07, 6.45) is 2.11. The molecule has 1 unspecified atom stereocenters. The number of sulfonamides is 1. The molecule has 1 aliphatic heterocycles. The normalized spacial score (nSPS) is 16.6. The summed E-state index contributed by atoms with van der Waals surface area (Å²) in [5.41, 5.74) is 0.0954. The first-order chi connectivity index (χ1) is 13.0. The Kier molecular flexibility index (Phi) is 6.93. The van der Waals surface area contributed by atoms with Crippen LogP contribution in [0, 0.1) is 0 Å². The summed E-state index contributed by atoms with van der Waals surface area (Å²) in [5.74, 6) is -1.00. The van der Waals surface area contributed by atoms with Crippen LogP contribution in [-0.2, 0) is 26.6 Å². The molecule has 0 bridgehead atoms. The van der Waals surface area contributed by atoms with E-state index in [1.54, 1.807) is 11.9 Å². The summed E-state index contributed by atoms with van der Waals surface area (Å²) in [6, 6.07) is 1.26. The number of nitrogens with zero attached hydrogens (tertiary/aromatic N) is 3. The van der Waals surface area contributed by atoms with Crippen LogP contribution in [0.15, 0.2) is 17.2 Å². The largest absolute Gasteiger partial charge is 0.448 e. The Hall–Kier alpha value is -1.87. The molecule has 0 saturated carbocycles. The highest BCUT2D eigenvalue weighted by Crippen LogP contribution is 2.23. The quantitative estimate of drug-likeness (QED) is 0.638. The Labute approximate surface area is 167 Å². The van der Waals surface area contributed by atoms with E-state index in [1.807, 2.05) is 27.7 Å². The van der Waals surface area contributed by atoms with Gasteiger partial charge in [0.15, 0.2) is 6.10 Å². The van der Waals surface area contributed by atoms with Crippen molar-refractivity contribution < 1.29 is 22.7 Å². The molecule has 1 aliphatic rings. The fourth-order valence-electron chi connectivity index (χ4n) is 3.54. The van der Waals surface area contributed by atoms with E-state index >= 15 is 0 Å². The summed E-state index contributed by atoms with van der Waals surface area (Å²) in [6.45, 7) is 10.1. The predicted octanol–water partition coefficient (Wildman–Crippen LogP) is 2.00. The molecule has 1 fully saturated rings. The third-order valence-electron chi connectivity index (χ3n) is 4.89. The van der Waals surface area contributed by atoms with Gasteiger partial charge in [-0.25, -0.2) is 13.2 Å². The van der Waals surface area contributed by atoms with Crippen LogP contribution < -0.4 is 0 Å². The Balaban J connectivity index is 2.17. The molecule has 9 heteroatoms. The van der Waals surface area contributed by atoms with Gasteiger partial charge in [0.1, 0.15) is 10.6 Å². The van der Waals surface area contributed by atoms with Gasteiger partial charge < -0.3 is 14.2 Å². The first-order valence-electron chi connectivity index (χ1n) is 9.66. The molecule has 8 nitrogen and oxygen atoms in total. The van der Waals surface area contributed by atoms with Crippen molar-refractivity contribution >= 4 is 21.9 Å². The van der Waals surface area contributed by atoms with Gasteiger partial charge in [-0.05, 0) is 53.5 Å². The van der Waals surface area contributed by atoms with Crippen molar-refractivity contribution in [2.24, 2.45) is 7.05 Å². The molecule has 28 heavy (non-hydrogen) atoms. The van der Waals surface area contributed by atoms with Crippen LogP contribution >= 0.6 is 0 Å². The van der Waals surface area contributed by atoms with Crippen LogP contribution in [0.25, 0.3) is 0 Å². The van der Waals surface area contributed by atoms with E-state index in [-0.39, 0.29) is 28.6 Å². The van der Waals surface area contributed by atoms with Crippen LogP contribution in [0.2, 0.25) is 0 Å². The van der Waals surface area contributed by atoms with Crippen molar-refractivity contribution in [1.29, 1.82) is 0 Å². The molecule has 0 spiro atoms. The summed E-state index contributed by atoms with van der Waals surface area (Å²) >= 11 is 0. The number of ether oxygens (including phenoxy) is 1. The second-order valence-electron chi connectivity index (χ2n) is 7.76. The predicted molar refractivity (Wildman–Crippen MR) is 105 cm³/mol. The molecule has 158 valence electrons. The summed E-state index contributed by atoms with van der Waals surface area (Å²) in [5, 5.41) is 0. The number of carbonyl (C=O) groups excluding carboxylic acids is 2. The van der Waals surface area contributed by atoms with E-state index in [2.05, 4.69) is 0 Å². The lowest BCUT2D eigenvalue weighted by Gasteiger charge is -2.32. The molecule has 2 rings (SSSR count). The number of carbonyl (C=O) groups is 2. The molecular weight excluding hydrogens is 382 g/mol. The van der Waals surface area contributed by atoms with E-state index < -0.39 is 22.1 Å². The van der Waals surface area contributed by atoms with Crippen LogP contribution in [0.3, 0.4) is 0 Å². The number of hydrogen-bond donors (Lipinski definition) is 0. The molecule has 1 atom stereocenters. The second kappa shape index (κ2) is 8.65. The fourth-order valence-corrected chi connectivity index (χ4v) is 5.13. The molecule has 0 N–H and O–H groups in total. The van der Waals surface area contributed by atoms with Crippen LogP contribution in [0.1, 0.15) is 57.9 Å². The van der Waals surface area contributed by atoms with Crippen molar-refractivity contribution in [2.45, 2.75) is 70.5 Å². The first kappa shape index (κ1) is 22.4. The van der Waals surface area contributed by atoms with Gasteiger partial charge in [0.25, 0.3) is 5.91 Å². The zero-order valence-electron chi connectivity index (χ0n) is 17.5. The third kappa shape index (κ3) is 4.57. The minimum Gasteiger partial charge on any atom is -0.448 e. The molecule has 0 aromatic carbocycles. The minimum absolute atomic E-state index is 0.0269. The Morgan fingerprint density at radius 2 is 1.61 bits per heavy atom. The van der Waals surface area contributed by atoms with Gasteiger partial charge in [0.05, 0.1) is 0 Å². The van der Waals surface area contributed by atoms with Crippen LogP contribution in [-0.4, -0.2) is 65.3 Å². The maximum absolute atomic E-state index is 12.7. The molecule has 0 radical (unpaired) electrons. The molecule has 1 amide bonds. The van der Waals surface area contributed by atoms with E-state index in [4.69, 9.17) is 4.74 Å². The lowest BCUT2D eigenvalue weighted by atomic mass is 10.2. The zero-order chi connectivity index (χ0) is 21.2. The first-order valence-corrected chi connectivity index (χ1v) is 11.1. The fraction of sp³-hybridized carbons (Fsp3) is 0.684. The van der Waals surface area contributed by atoms with Crippen molar-refractivity contribution in [1.82, 2.24) is 13.8 Å². The minimum atomic E-state index is -3.63. The highest BCUT2D eigenvalue weighted by molar-refractivity contribution is 7.89. The summed E-state index contributed by atoms with van der Waals surface area (Å²) in [7, 11) is -2.04. The number of esters is 1. The Morgan fingerprint density at radius 3 is 2.11 bits per heavy atom. The monoisotopic (exact) mass is 413 g/mol. The maximum atomic E-state index is 12.7. The Morgan fingerprint density at radius 1 is 1.07 bits per heavy atom. The second-order valence-corrected chi connectivity index (χ2v) is 9.70. The van der Waals surface area contributed by atoms with Gasteiger partial charge in [-0.1, -0.05) is 0 Å². The molecule has 1 aromatic rings. The average Bonchev–Trinajstić information content (AvgIpc) is 3.23. The molecule has 2 heterocycles. The molecule has 1 aromatic heterocycles. The van der Waals surface area contributed by atoms with E-state index in [1.165, 1.54) is 28.1 Å². The average molecular weight is 414 g/mol. The van der Waals surface area contributed by atoms with Gasteiger partial charge in [0.2, 0.25) is 10.0 Å². The lowest BCUT2D eigenvalue weighted by Crippen LogP contribution is -2.47. The zero-order valence-corrected chi connectivity index (χ0v) is 18.3. The third-order valence-corrected chi connectivity index (χ3v) is 6.75. The number of aryl methyl sites for hydroxylation is 1. The molecule has 1 saturated heterocycles. The SMILES string of the molecule is CC(OC(=O)c1cc(S(=O)(=O)N2CCCC2)cn1C)C(=O)N(C(C)C)C(C)C. The maximum Gasteiger partial charge on any atom is 0.355 e. The van der Waals surface area contributed by atoms with E-state index in [9.17, 15) is 18.0 Å².